The highest BCUT2D eigenvalue weighted by Gasteiger charge is 2.09. The highest BCUT2D eigenvalue weighted by Crippen LogP contribution is 2.31. The van der Waals surface area contributed by atoms with Gasteiger partial charge in [-0.1, -0.05) is 50.1 Å². The van der Waals surface area contributed by atoms with Crippen LogP contribution < -0.4 is 15.4 Å². The molecule has 0 spiro atoms. The van der Waals surface area contributed by atoms with Crippen molar-refractivity contribution in [3.05, 3.63) is 78.6 Å². The standard InChI is InChI=1S/C23H25N3O2/c1-2-3-9-14-25-23(27)18-15-19(17-24-16-18)26-21-12-7-8-13-22(21)28-20-10-5-4-6-11-20/h4-8,10-13,15-17,26H,2-3,9,14H2,1H3,(H,25,27). The second kappa shape index (κ2) is 10.1. The molecule has 0 aliphatic carbocycles. The molecule has 2 aromatic carbocycles. The van der Waals surface area contributed by atoms with Gasteiger partial charge in [-0.15, -0.1) is 0 Å². The minimum Gasteiger partial charge on any atom is -0.455 e. The fourth-order valence-corrected chi connectivity index (χ4v) is 2.74. The number of rotatable bonds is 9. The number of nitrogens with one attached hydrogen (secondary N) is 2. The largest absolute Gasteiger partial charge is 0.455 e. The van der Waals surface area contributed by atoms with E-state index in [4.69, 9.17) is 4.74 Å². The van der Waals surface area contributed by atoms with Crippen LogP contribution in [0.2, 0.25) is 0 Å². The average molecular weight is 375 g/mol. The maximum absolute atomic E-state index is 12.3. The molecule has 2 N–H and O–H groups in total. The van der Waals surface area contributed by atoms with Crippen LogP contribution in [-0.4, -0.2) is 17.4 Å². The topological polar surface area (TPSA) is 63.2 Å². The number of anilines is 2. The Morgan fingerprint density at radius 3 is 2.61 bits per heavy atom. The van der Waals surface area contributed by atoms with Crippen LogP contribution in [0, 0.1) is 0 Å². The minimum atomic E-state index is -0.110. The van der Waals surface area contributed by atoms with Gasteiger partial charge in [0.1, 0.15) is 5.75 Å². The van der Waals surface area contributed by atoms with E-state index in [-0.39, 0.29) is 5.91 Å². The molecule has 3 aromatic rings. The van der Waals surface area contributed by atoms with Crippen LogP contribution in [0.15, 0.2) is 73.1 Å². The van der Waals surface area contributed by atoms with Crippen molar-refractivity contribution in [1.82, 2.24) is 10.3 Å². The number of unbranched alkanes of at least 4 members (excludes halogenated alkanes) is 2. The van der Waals surface area contributed by atoms with E-state index in [0.29, 0.717) is 17.9 Å². The van der Waals surface area contributed by atoms with E-state index in [0.717, 1.165) is 36.4 Å². The molecule has 0 atom stereocenters. The third-order valence-corrected chi connectivity index (χ3v) is 4.20. The summed E-state index contributed by atoms with van der Waals surface area (Å²) in [5.41, 5.74) is 2.06. The van der Waals surface area contributed by atoms with Crippen LogP contribution >= 0.6 is 0 Å². The summed E-state index contributed by atoms with van der Waals surface area (Å²) in [5.74, 6) is 1.35. The van der Waals surface area contributed by atoms with E-state index < -0.39 is 0 Å². The number of benzene rings is 2. The van der Waals surface area contributed by atoms with Gasteiger partial charge in [0.15, 0.2) is 5.75 Å². The van der Waals surface area contributed by atoms with Gasteiger partial charge in [0.2, 0.25) is 0 Å². The first-order valence-electron chi connectivity index (χ1n) is 9.58. The summed E-state index contributed by atoms with van der Waals surface area (Å²) in [6.45, 7) is 2.82. The van der Waals surface area contributed by atoms with Gasteiger partial charge in [0, 0.05) is 12.7 Å². The first-order valence-corrected chi connectivity index (χ1v) is 9.58. The van der Waals surface area contributed by atoms with Crippen molar-refractivity contribution in [3.8, 4) is 11.5 Å². The van der Waals surface area contributed by atoms with E-state index in [1.165, 1.54) is 0 Å². The number of hydrogen-bond donors (Lipinski definition) is 2. The smallest absolute Gasteiger partial charge is 0.252 e. The molecule has 0 aliphatic rings. The zero-order valence-corrected chi connectivity index (χ0v) is 16.0. The van der Waals surface area contributed by atoms with Gasteiger partial charge in [-0.25, -0.2) is 0 Å². The molecule has 0 fully saturated rings. The van der Waals surface area contributed by atoms with Crippen molar-refractivity contribution >= 4 is 17.3 Å². The number of hydrogen-bond acceptors (Lipinski definition) is 4. The van der Waals surface area contributed by atoms with Crippen molar-refractivity contribution in [3.63, 3.8) is 0 Å². The van der Waals surface area contributed by atoms with Crippen molar-refractivity contribution in [2.75, 3.05) is 11.9 Å². The third kappa shape index (κ3) is 5.58. The highest BCUT2D eigenvalue weighted by molar-refractivity contribution is 5.94. The number of carbonyl (C=O) groups is 1. The summed E-state index contributed by atoms with van der Waals surface area (Å²) in [7, 11) is 0. The van der Waals surface area contributed by atoms with Gasteiger partial charge < -0.3 is 15.4 Å². The van der Waals surface area contributed by atoms with Gasteiger partial charge in [-0.3, -0.25) is 9.78 Å². The van der Waals surface area contributed by atoms with E-state index in [1.54, 1.807) is 18.5 Å². The Hall–Kier alpha value is -3.34. The Labute approximate surface area is 165 Å². The van der Waals surface area contributed by atoms with Crippen LogP contribution in [0.1, 0.15) is 36.5 Å². The summed E-state index contributed by atoms with van der Waals surface area (Å²) >= 11 is 0. The lowest BCUT2D eigenvalue weighted by atomic mass is 10.2. The quantitative estimate of drug-likeness (QED) is 0.482. The fourth-order valence-electron chi connectivity index (χ4n) is 2.74. The molecule has 28 heavy (non-hydrogen) atoms. The van der Waals surface area contributed by atoms with E-state index >= 15 is 0 Å². The molecule has 0 radical (unpaired) electrons. The number of aromatic nitrogens is 1. The molecule has 144 valence electrons. The van der Waals surface area contributed by atoms with Gasteiger partial charge >= 0.3 is 0 Å². The second-order valence-electron chi connectivity index (χ2n) is 6.46. The average Bonchev–Trinajstić information content (AvgIpc) is 2.73. The van der Waals surface area contributed by atoms with Crippen molar-refractivity contribution in [2.45, 2.75) is 26.2 Å². The van der Waals surface area contributed by atoms with Crippen LogP contribution in [0.3, 0.4) is 0 Å². The molecule has 0 saturated carbocycles. The molecule has 1 aromatic heterocycles. The number of amides is 1. The van der Waals surface area contributed by atoms with Crippen molar-refractivity contribution < 1.29 is 9.53 Å². The monoisotopic (exact) mass is 375 g/mol. The van der Waals surface area contributed by atoms with E-state index in [1.807, 2.05) is 54.6 Å². The molecule has 1 heterocycles. The van der Waals surface area contributed by atoms with E-state index in [2.05, 4.69) is 22.5 Å². The molecule has 1 amide bonds. The lowest BCUT2D eigenvalue weighted by Gasteiger charge is -2.13. The SMILES string of the molecule is CCCCCNC(=O)c1cncc(Nc2ccccc2Oc2ccccc2)c1. The lowest BCUT2D eigenvalue weighted by Crippen LogP contribution is -2.24. The highest BCUT2D eigenvalue weighted by atomic mass is 16.5. The van der Waals surface area contributed by atoms with Crippen LogP contribution in [0.4, 0.5) is 11.4 Å². The summed E-state index contributed by atoms with van der Waals surface area (Å²) < 4.78 is 5.97. The Kier molecular flexibility index (Phi) is 7.01. The lowest BCUT2D eigenvalue weighted by molar-refractivity contribution is 0.0952. The maximum Gasteiger partial charge on any atom is 0.252 e. The van der Waals surface area contributed by atoms with Gasteiger partial charge in [-0.2, -0.15) is 0 Å². The first-order chi connectivity index (χ1) is 13.8. The van der Waals surface area contributed by atoms with Crippen LogP contribution in [0.25, 0.3) is 0 Å². The van der Waals surface area contributed by atoms with Gasteiger partial charge in [-0.05, 0) is 36.8 Å². The number of para-hydroxylation sites is 3. The summed E-state index contributed by atoms with van der Waals surface area (Å²) in [6.07, 6.45) is 6.48. The Bertz CT molecular complexity index is 897. The molecule has 0 saturated heterocycles. The normalized spacial score (nSPS) is 10.3. The summed E-state index contributed by atoms with van der Waals surface area (Å²) in [4.78, 5) is 16.5. The molecular formula is C23H25N3O2. The minimum absolute atomic E-state index is 0.110. The maximum atomic E-state index is 12.3. The molecule has 0 bridgehead atoms. The summed E-state index contributed by atoms with van der Waals surface area (Å²) in [5, 5.41) is 6.23. The van der Waals surface area contributed by atoms with Crippen molar-refractivity contribution in [1.29, 1.82) is 0 Å². The number of pyridine rings is 1. The molecular weight excluding hydrogens is 350 g/mol. The van der Waals surface area contributed by atoms with Crippen LogP contribution in [-0.2, 0) is 0 Å². The Morgan fingerprint density at radius 1 is 1.00 bits per heavy atom. The van der Waals surface area contributed by atoms with Crippen LogP contribution in [0.5, 0.6) is 11.5 Å². The van der Waals surface area contributed by atoms with Gasteiger partial charge in [0.25, 0.3) is 5.91 Å². The molecule has 3 rings (SSSR count). The summed E-state index contributed by atoms with van der Waals surface area (Å²) in [6, 6.07) is 19.1. The zero-order valence-electron chi connectivity index (χ0n) is 16.0. The first kappa shape index (κ1) is 19.4. The number of ether oxygens (including phenoxy) is 1. The number of carbonyl (C=O) groups excluding carboxylic acids is 1. The molecule has 5 nitrogen and oxygen atoms in total. The third-order valence-electron chi connectivity index (χ3n) is 4.20. The molecule has 5 heteroatoms. The van der Waals surface area contributed by atoms with Crippen molar-refractivity contribution in [2.24, 2.45) is 0 Å². The predicted octanol–water partition coefficient (Wildman–Crippen LogP) is 5.54. The predicted molar refractivity (Wildman–Crippen MR) is 112 cm³/mol. The molecule has 0 aliphatic heterocycles. The fraction of sp³-hybridized carbons (Fsp3) is 0.217. The molecule has 0 unspecified atom stereocenters. The van der Waals surface area contributed by atoms with E-state index in [9.17, 15) is 4.79 Å². The zero-order chi connectivity index (χ0) is 19.6. The van der Waals surface area contributed by atoms with Gasteiger partial charge in [0.05, 0.1) is 23.1 Å². The Balaban J connectivity index is 1.70. The Morgan fingerprint density at radius 2 is 1.79 bits per heavy atom. The second-order valence-corrected chi connectivity index (χ2v) is 6.46. The number of nitrogens with zero attached hydrogens (tertiary/aromatic N) is 1.